The molecule has 21 N–H and O–H groups in total. The van der Waals surface area contributed by atoms with Crippen LogP contribution in [0.4, 0.5) is 67.0 Å². The van der Waals surface area contributed by atoms with Gasteiger partial charge in [0.25, 0.3) is 5.91 Å². The fraction of sp³-hybridized carbons (Fsp3) is 0.0940. The van der Waals surface area contributed by atoms with Gasteiger partial charge >= 0.3 is 0 Å². The number of benzene rings is 14. The third-order valence-electron chi connectivity index (χ3n) is 21.7. The van der Waals surface area contributed by atoms with E-state index in [-0.39, 0.29) is 40.9 Å². The lowest BCUT2D eigenvalue weighted by molar-refractivity contribution is 0.0951. The van der Waals surface area contributed by atoms with Gasteiger partial charge in [0.1, 0.15) is 75.8 Å². The van der Waals surface area contributed by atoms with Crippen molar-refractivity contribution in [3.63, 3.8) is 0 Å². The first kappa shape index (κ1) is 106. The van der Waals surface area contributed by atoms with Crippen molar-refractivity contribution in [2.75, 3.05) is 88.1 Å². The highest BCUT2D eigenvalue weighted by molar-refractivity contribution is 5.98. The number of anilines is 5. The number of aliphatic imine (C=N–C) groups is 2. The molecular weight excluding hydrogens is 1880 g/mol. The average Bonchev–Trinajstić information content (AvgIpc) is 1.65. The molecule has 3 aliphatic rings. The minimum absolute atomic E-state index is 0.0248. The van der Waals surface area contributed by atoms with Crippen LogP contribution in [0.1, 0.15) is 105 Å². The first-order valence-electron chi connectivity index (χ1n) is 46.8. The highest BCUT2D eigenvalue weighted by Gasteiger charge is 2.14. The normalized spacial score (nSPS) is 11.4. The number of rotatable bonds is 28. The number of fused-ring (bicyclic) bond motifs is 2. The van der Waals surface area contributed by atoms with E-state index >= 15 is 0 Å². The Morgan fingerprint density at radius 3 is 1.12 bits per heavy atom. The van der Waals surface area contributed by atoms with Crippen molar-refractivity contribution >= 4 is 116 Å². The molecule has 0 aromatic heterocycles. The fourth-order valence-electron chi connectivity index (χ4n) is 13.5. The van der Waals surface area contributed by atoms with E-state index in [0.717, 1.165) is 98.1 Å². The van der Waals surface area contributed by atoms with Gasteiger partial charge in [-0.05, 0) is 324 Å². The van der Waals surface area contributed by atoms with Crippen LogP contribution in [-0.2, 0) is 12.8 Å². The van der Waals surface area contributed by atoms with Crippen molar-refractivity contribution in [3.8, 4) is 65.0 Å². The van der Waals surface area contributed by atoms with E-state index < -0.39 is 0 Å². The third-order valence-corrected chi connectivity index (χ3v) is 21.7. The summed E-state index contributed by atoms with van der Waals surface area (Å²) in [6, 6.07) is 96.4. The molecule has 33 heteroatoms. The molecule has 1 amide bonds. The van der Waals surface area contributed by atoms with Crippen molar-refractivity contribution in [1.82, 2.24) is 15.1 Å². The van der Waals surface area contributed by atoms with Gasteiger partial charge in [-0.25, -0.2) is 4.39 Å². The van der Waals surface area contributed by atoms with E-state index in [0.29, 0.717) is 105 Å². The van der Waals surface area contributed by atoms with Crippen molar-refractivity contribution in [2.24, 2.45) is 90.3 Å². The molecule has 150 heavy (non-hydrogen) atoms. The van der Waals surface area contributed by atoms with Crippen LogP contribution in [0.2, 0.25) is 0 Å². The Balaban J connectivity index is 0.000000157. The van der Waals surface area contributed by atoms with E-state index in [2.05, 4.69) is 189 Å². The molecule has 14 aromatic rings. The average molecular weight is 1980 g/mol. The van der Waals surface area contributed by atoms with Crippen LogP contribution in [0, 0.1) is 92.1 Å². The number of nitrogens with two attached hydrogens (primary N) is 5. The number of hydrogen-bond acceptors (Lipinski definition) is 21. The zero-order chi connectivity index (χ0) is 106. The molecule has 2 heterocycles. The molecule has 1 aliphatic carbocycles. The summed E-state index contributed by atoms with van der Waals surface area (Å²) in [4.78, 5) is 25.0. The molecule has 0 saturated carbocycles. The van der Waals surface area contributed by atoms with Crippen molar-refractivity contribution < 1.29 is 13.9 Å². The van der Waals surface area contributed by atoms with Crippen LogP contribution in [0.15, 0.2) is 401 Å². The first-order valence-corrected chi connectivity index (χ1v) is 46.8. The maximum Gasteiger partial charge on any atom is 0.251 e. The zero-order valence-electron chi connectivity index (χ0n) is 82.3. The van der Waals surface area contributed by atoms with Crippen molar-refractivity contribution in [2.45, 2.75) is 12.8 Å². The molecule has 0 bridgehead atoms. The minimum atomic E-state index is -0.336. The fourth-order valence-corrected chi connectivity index (χ4v) is 13.5. The van der Waals surface area contributed by atoms with Gasteiger partial charge in [0.15, 0.2) is 0 Å². The monoisotopic (exact) mass is 1980 g/mol. The molecule has 17 rings (SSSR count). The molecule has 0 atom stereocenters. The number of carbonyl (C=O) groups excluding carboxylic acids is 1. The summed E-state index contributed by atoms with van der Waals surface area (Å²) in [7, 11) is 7.89. The summed E-state index contributed by atoms with van der Waals surface area (Å²) in [5, 5.41) is 81.4. The number of ether oxygens (including phenoxy) is 1. The Morgan fingerprint density at radius 1 is 0.373 bits per heavy atom. The van der Waals surface area contributed by atoms with Crippen LogP contribution in [0.5, 0.6) is 5.75 Å². The molecule has 0 saturated heterocycles. The Bertz CT molecular complexity index is 7640. The largest absolute Gasteiger partial charge is 0.492 e. The van der Waals surface area contributed by atoms with E-state index in [1.807, 2.05) is 185 Å². The van der Waals surface area contributed by atoms with Crippen LogP contribution in [0.25, 0.3) is 6.08 Å². The van der Waals surface area contributed by atoms with E-state index in [1.165, 1.54) is 28.8 Å². The Hall–Kier alpha value is -20.8. The molecule has 0 fully saturated rings. The number of nitrogens with one attached hydrogen (secondary N) is 11. The van der Waals surface area contributed by atoms with Gasteiger partial charge < -0.3 is 48.5 Å². The molecule has 32 nitrogen and oxygen atoms in total. The smallest absolute Gasteiger partial charge is 0.251 e. The number of hydrogen-bond donors (Lipinski definition) is 16. The van der Waals surface area contributed by atoms with Crippen molar-refractivity contribution in [3.05, 3.63) is 445 Å². The van der Waals surface area contributed by atoms with Gasteiger partial charge in [-0.1, -0.05) is 152 Å². The summed E-state index contributed by atoms with van der Waals surface area (Å²) in [6.45, 7) is 3.36. The highest BCUT2D eigenvalue weighted by atomic mass is 19.1. The zero-order valence-corrected chi connectivity index (χ0v) is 82.3. The summed E-state index contributed by atoms with van der Waals surface area (Å²) in [6.07, 6.45) is 11.7. The van der Waals surface area contributed by atoms with Crippen LogP contribution < -0.4 is 65.9 Å². The van der Waals surface area contributed by atoms with Crippen LogP contribution in [-0.4, -0.2) is 118 Å². The SMILES string of the molecule is CN(C)CCNC(=O)c1ccc(C#Cc2ccc(F)cc2)c(N=NNc2ccc(C(=N)N)cc2)c1.CN(C)CCOc1ccc(C#Cc2ccccc2N=NNc2ccc(C(=N)N)cc2)cc1.N=C(N)c1ccc(NN=Nc2ccccc2C#CC2=CC=NC2)cc1.N=C(N)c1ccc(NN=Nc2ccccc2C#Cc2ccc3c(c2)CC=C3)cc1.N=C(N)c1ccc(NN=Nc2ccccc2C#Cc2ccc3c(c2)CC=N3)cc1. The lowest BCUT2D eigenvalue weighted by Crippen LogP contribution is -2.31. The number of allylic oxidation sites excluding steroid dienone is 2. The molecule has 14 aromatic carbocycles. The second kappa shape index (κ2) is 55.5. The second-order valence-electron chi connectivity index (χ2n) is 33.4. The molecule has 742 valence electrons. The predicted octanol–water partition coefficient (Wildman–Crippen LogP) is 21.6. The topological polar surface area (TPSA) is 503 Å². The first-order chi connectivity index (χ1) is 72.9. The molecule has 0 unspecified atom stereocenters. The number of amidine groups is 5. The maximum absolute atomic E-state index is 13.2. The standard InChI is InChI=1S/C26H26FN7O.C25H26N6O.C24H19N5.C23H18N6.C19H16N6/c1-34(2)16-15-30-26(35)21-8-7-19(6-3-18-4-11-22(27)12-5-18)24(17-21)32-33-31-23-13-9-20(10-14-23)25(28)29;1-31(2)17-18-32-23-15-8-19(9-16-23)7-10-20-5-3-4-6-24(20)29-30-28-22-13-11-21(12-14-22)25(26)27;25-24(26)20-12-14-22(15-13-20)27-29-28-23-7-2-1-4-19(23)11-9-17-8-10-18-5-3-6-21(18)16-17;24-23(25)18-8-10-20(11-9-18)27-29-28-22-4-2-1-3-17(22)7-5-16-6-12-21-19(15-16)13-14-26-21;20-19(21)16-7-9-17(10-8-16)23-25-24-18-4-2-1-3-15(18)6-5-14-11-12-22-13-14/h4-5,7-14,17H,15-16H2,1-2H3,(H3,28,29)(H,30,35)(H,31,32);3-6,8-9,11-16H,17-18H2,1-2H3,(H3,26,27)(H,28,29);1-5,7-8,10,12-16H,6H2,(H3,25,26)(H,27,28);1-4,6,8-12,14-15H,13H2,(H3,24,25)(H,27,28);1-4,7-12H,13H2,(H3,20,21)(H,23,24). The maximum atomic E-state index is 13.2. The number of carbonyl (C=O) groups is 1. The molecule has 2 aliphatic heterocycles. The summed E-state index contributed by atoms with van der Waals surface area (Å²) in [5.41, 5.74) is 65.0. The third kappa shape index (κ3) is 34.5. The Morgan fingerprint density at radius 2 is 0.727 bits per heavy atom. The van der Waals surface area contributed by atoms with Gasteiger partial charge in [-0.15, -0.1) is 25.6 Å². The van der Waals surface area contributed by atoms with Crippen molar-refractivity contribution in [1.29, 1.82) is 27.0 Å². The van der Waals surface area contributed by atoms with Gasteiger partial charge in [0, 0.05) is 99.7 Å². The van der Waals surface area contributed by atoms with Crippen LogP contribution in [0.3, 0.4) is 0 Å². The van der Waals surface area contributed by atoms with E-state index in [4.69, 9.17) is 60.5 Å². The number of amides is 1. The lowest BCUT2D eigenvalue weighted by atomic mass is 10.1. The van der Waals surface area contributed by atoms with E-state index in [1.54, 1.807) is 158 Å². The summed E-state index contributed by atoms with van der Waals surface area (Å²) in [5.74, 6) is 31.7. The minimum Gasteiger partial charge on any atom is -0.492 e. The van der Waals surface area contributed by atoms with Crippen LogP contribution >= 0.6 is 0 Å². The van der Waals surface area contributed by atoms with Gasteiger partial charge in [0.2, 0.25) is 0 Å². The molecular formula is C117H105FN30O2. The quantitative estimate of drug-likeness (QED) is 0.00713. The number of nitrogen functional groups attached to an aromatic ring is 5. The van der Waals surface area contributed by atoms with Gasteiger partial charge in [-0.2, -0.15) is 0 Å². The molecule has 0 radical (unpaired) electrons. The summed E-state index contributed by atoms with van der Waals surface area (Å²) < 4.78 is 18.9. The number of nitrogens with zero attached hydrogens (tertiary/aromatic N) is 14. The Kier molecular flexibility index (Phi) is 39.4. The highest BCUT2D eigenvalue weighted by Crippen LogP contribution is 2.30. The lowest BCUT2D eigenvalue weighted by Gasteiger charge is -2.10. The van der Waals surface area contributed by atoms with Gasteiger partial charge in [0.05, 0.1) is 68.5 Å². The number of likely N-dealkylation sites (N-methyl/N-ethyl adjacent to an activating group) is 2. The predicted molar refractivity (Wildman–Crippen MR) is 598 cm³/mol. The second-order valence-corrected chi connectivity index (χ2v) is 33.4. The van der Waals surface area contributed by atoms with Gasteiger partial charge in [-0.3, -0.25) is 69.0 Å². The molecule has 0 spiro atoms. The Labute approximate surface area is 868 Å². The number of halogens is 1. The summed E-state index contributed by atoms with van der Waals surface area (Å²) >= 11 is 0. The van der Waals surface area contributed by atoms with E-state index in [9.17, 15) is 9.18 Å².